The van der Waals surface area contributed by atoms with Crippen molar-refractivity contribution in [3.05, 3.63) is 40.4 Å². The number of hydrogen-bond acceptors (Lipinski definition) is 2. The summed E-state index contributed by atoms with van der Waals surface area (Å²) in [5.74, 6) is 0.539. The molecule has 0 saturated carbocycles. The molecule has 0 fully saturated rings. The minimum absolute atomic E-state index is 0.0614. The molecule has 0 atom stereocenters. The van der Waals surface area contributed by atoms with E-state index in [0.717, 1.165) is 15.2 Å². The fourth-order valence-electron chi connectivity index (χ4n) is 1.82. The number of benzene rings is 2. The Morgan fingerprint density at radius 2 is 1.89 bits per heavy atom. The second kappa shape index (κ2) is 4.98. The first-order chi connectivity index (χ1) is 8.52. The zero-order chi connectivity index (χ0) is 13.3. The molecule has 0 spiro atoms. The number of ether oxygens (including phenoxy) is 1. The third-order valence-electron chi connectivity index (χ3n) is 2.76. The second-order valence-electron chi connectivity index (χ2n) is 4.24. The Labute approximate surface area is 114 Å². The molecule has 18 heavy (non-hydrogen) atoms. The largest absolute Gasteiger partial charge is 0.496 e. The van der Waals surface area contributed by atoms with E-state index in [1.54, 1.807) is 26.1 Å². The van der Waals surface area contributed by atoms with Gasteiger partial charge in [-0.05, 0) is 35.0 Å². The zero-order valence-corrected chi connectivity index (χ0v) is 12.1. The van der Waals surface area contributed by atoms with E-state index in [-0.39, 0.29) is 5.91 Å². The van der Waals surface area contributed by atoms with E-state index in [4.69, 9.17) is 4.74 Å². The van der Waals surface area contributed by atoms with Gasteiger partial charge >= 0.3 is 0 Å². The van der Waals surface area contributed by atoms with Crippen molar-refractivity contribution in [2.45, 2.75) is 0 Å². The van der Waals surface area contributed by atoms with E-state index in [1.165, 1.54) is 0 Å². The molecule has 0 aliphatic heterocycles. The van der Waals surface area contributed by atoms with Gasteiger partial charge in [-0.2, -0.15) is 0 Å². The lowest BCUT2D eigenvalue weighted by molar-refractivity contribution is 0.0824. The lowest BCUT2D eigenvalue weighted by Crippen LogP contribution is -2.22. The van der Waals surface area contributed by atoms with E-state index >= 15 is 0 Å². The SMILES string of the molecule is COc1cc2ccc(Br)cc2cc1C(=O)N(C)C. The van der Waals surface area contributed by atoms with Crippen LogP contribution in [0, 0.1) is 0 Å². The van der Waals surface area contributed by atoms with Gasteiger partial charge in [0, 0.05) is 18.6 Å². The number of hydrogen-bond donors (Lipinski definition) is 0. The second-order valence-corrected chi connectivity index (χ2v) is 5.16. The number of amides is 1. The van der Waals surface area contributed by atoms with Crippen LogP contribution in [0.25, 0.3) is 10.8 Å². The summed E-state index contributed by atoms with van der Waals surface area (Å²) in [5.41, 5.74) is 0.577. The van der Waals surface area contributed by atoms with Gasteiger partial charge in [-0.1, -0.05) is 22.0 Å². The third kappa shape index (κ3) is 2.34. The number of carbonyl (C=O) groups is 1. The van der Waals surface area contributed by atoms with E-state index in [1.807, 2.05) is 30.3 Å². The molecule has 3 nitrogen and oxygen atoms in total. The van der Waals surface area contributed by atoms with Crippen LogP contribution in [0.15, 0.2) is 34.8 Å². The fourth-order valence-corrected chi connectivity index (χ4v) is 2.20. The van der Waals surface area contributed by atoms with Crippen molar-refractivity contribution < 1.29 is 9.53 Å². The molecule has 0 N–H and O–H groups in total. The Bertz CT molecular complexity index is 608. The summed E-state index contributed by atoms with van der Waals surface area (Å²) in [6.07, 6.45) is 0. The van der Waals surface area contributed by atoms with Gasteiger partial charge in [0.1, 0.15) is 5.75 Å². The summed E-state index contributed by atoms with van der Waals surface area (Å²) >= 11 is 3.43. The predicted molar refractivity (Wildman–Crippen MR) is 76.2 cm³/mol. The highest BCUT2D eigenvalue weighted by atomic mass is 79.9. The molecule has 0 aliphatic rings. The summed E-state index contributed by atoms with van der Waals surface area (Å²) in [6.45, 7) is 0. The Kier molecular flexibility index (Phi) is 3.57. The molecule has 0 aliphatic carbocycles. The van der Waals surface area contributed by atoms with Crippen molar-refractivity contribution in [3.8, 4) is 5.75 Å². The van der Waals surface area contributed by atoms with Crippen molar-refractivity contribution in [3.63, 3.8) is 0 Å². The molecule has 0 unspecified atom stereocenters. The van der Waals surface area contributed by atoms with E-state index in [0.29, 0.717) is 11.3 Å². The van der Waals surface area contributed by atoms with Crippen LogP contribution in [0.5, 0.6) is 5.75 Å². The number of carbonyl (C=O) groups excluding carboxylic acids is 1. The molecule has 0 bridgehead atoms. The molecule has 2 rings (SSSR count). The van der Waals surface area contributed by atoms with Gasteiger partial charge in [0.15, 0.2) is 0 Å². The van der Waals surface area contributed by atoms with Crippen LogP contribution in [0.3, 0.4) is 0 Å². The minimum Gasteiger partial charge on any atom is -0.496 e. The van der Waals surface area contributed by atoms with Crippen LogP contribution >= 0.6 is 15.9 Å². The maximum Gasteiger partial charge on any atom is 0.257 e. The highest BCUT2D eigenvalue weighted by Gasteiger charge is 2.15. The van der Waals surface area contributed by atoms with Crippen molar-refractivity contribution in [1.29, 1.82) is 0 Å². The van der Waals surface area contributed by atoms with Crippen LogP contribution < -0.4 is 4.74 Å². The van der Waals surface area contributed by atoms with Crippen molar-refractivity contribution in [1.82, 2.24) is 4.90 Å². The van der Waals surface area contributed by atoms with Crippen LogP contribution in [-0.4, -0.2) is 32.0 Å². The summed E-state index contributed by atoms with van der Waals surface area (Å²) < 4.78 is 6.29. The van der Waals surface area contributed by atoms with Crippen molar-refractivity contribution in [2.24, 2.45) is 0 Å². The predicted octanol–water partition coefficient (Wildman–Crippen LogP) is 3.31. The van der Waals surface area contributed by atoms with Gasteiger partial charge < -0.3 is 9.64 Å². The van der Waals surface area contributed by atoms with Crippen LogP contribution in [0.2, 0.25) is 0 Å². The van der Waals surface area contributed by atoms with E-state index in [9.17, 15) is 4.79 Å². The standard InChI is InChI=1S/C14H14BrNO2/c1-16(2)14(17)12-7-10-6-11(15)5-4-9(10)8-13(12)18-3/h4-8H,1-3H3. The lowest BCUT2D eigenvalue weighted by atomic mass is 10.1. The first-order valence-electron chi connectivity index (χ1n) is 5.52. The van der Waals surface area contributed by atoms with Gasteiger partial charge in [0.25, 0.3) is 5.91 Å². The maximum absolute atomic E-state index is 12.1. The molecular formula is C14H14BrNO2. The van der Waals surface area contributed by atoms with Crippen LogP contribution in [-0.2, 0) is 0 Å². The number of fused-ring (bicyclic) bond motifs is 1. The van der Waals surface area contributed by atoms with Gasteiger partial charge in [0.05, 0.1) is 12.7 Å². The van der Waals surface area contributed by atoms with E-state index < -0.39 is 0 Å². The van der Waals surface area contributed by atoms with Crippen molar-refractivity contribution in [2.75, 3.05) is 21.2 Å². The molecule has 0 saturated heterocycles. The molecule has 0 heterocycles. The molecule has 1 amide bonds. The highest BCUT2D eigenvalue weighted by Crippen LogP contribution is 2.28. The zero-order valence-electron chi connectivity index (χ0n) is 10.5. The molecule has 94 valence electrons. The molecule has 2 aromatic rings. The summed E-state index contributed by atoms with van der Waals surface area (Å²) in [4.78, 5) is 13.6. The Hall–Kier alpha value is -1.55. The molecular weight excluding hydrogens is 294 g/mol. The monoisotopic (exact) mass is 307 g/mol. The average molecular weight is 308 g/mol. The van der Waals surface area contributed by atoms with Crippen molar-refractivity contribution >= 4 is 32.6 Å². The number of nitrogens with zero attached hydrogens (tertiary/aromatic N) is 1. The topological polar surface area (TPSA) is 29.5 Å². The Balaban J connectivity index is 2.67. The molecule has 0 aromatic heterocycles. The Morgan fingerprint density at radius 3 is 2.50 bits per heavy atom. The maximum atomic E-state index is 12.1. The summed E-state index contributed by atoms with van der Waals surface area (Å²) in [6, 6.07) is 9.70. The quantitative estimate of drug-likeness (QED) is 0.852. The van der Waals surface area contributed by atoms with Gasteiger partial charge in [-0.15, -0.1) is 0 Å². The first kappa shape index (κ1) is 12.9. The third-order valence-corrected chi connectivity index (χ3v) is 3.25. The normalized spacial score (nSPS) is 10.4. The molecule has 4 heteroatoms. The highest BCUT2D eigenvalue weighted by molar-refractivity contribution is 9.10. The van der Waals surface area contributed by atoms with Gasteiger partial charge in [-0.3, -0.25) is 4.79 Å². The summed E-state index contributed by atoms with van der Waals surface area (Å²) in [7, 11) is 5.03. The van der Waals surface area contributed by atoms with E-state index in [2.05, 4.69) is 15.9 Å². The minimum atomic E-state index is -0.0614. The average Bonchev–Trinajstić information content (AvgIpc) is 2.36. The van der Waals surface area contributed by atoms with Gasteiger partial charge in [-0.25, -0.2) is 0 Å². The molecule has 0 radical (unpaired) electrons. The lowest BCUT2D eigenvalue weighted by Gasteiger charge is -2.14. The van der Waals surface area contributed by atoms with Gasteiger partial charge in [0.2, 0.25) is 0 Å². The number of halogens is 1. The smallest absolute Gasteiger partial charge is 0.257 e. The Morgan fingerprint density at radius 1 is 1.17 bits per heavy atom. The molecule has 2 aromatic carbocycles. The fraction of sp³-hybridized carbons (Fsp3) is 0.214. The number of rotatable bonds is 2. The summed E-state index contributed by atoms with van der Waals surface area (Å²) in [5, 5.41) is 2.06. The van der Waals surface area contributed by atoms with Crippen LogP contribution in [0.4, 0.5) is 0 Å². The first-order valence-corrected chi connectivity index (χ1v) is 6.31. The van der Waals surface area contributed by atoms with Crippen LogP contribution in [0.1, 0.15) is 10.4 Å². The number of methoxy groups -OCH3 is 1.